The Bertz CT molecular complexity index is 233. The predicted molar refractivity (Wildman–Crippen MR) is 69.3 cm³/mol. The van der Waals surface area contributed by atoms with Crippen molar-refractivity contribution in [1.82, 2.24) is 0 Å². The Morgan fingerprint density at radius 1 is 1.21 bits per heavy atom. The molecule has 1 nitrogen and oxygen atoms in total. The average molecular weight is 304 g/mol. The molecule has 0 aliphatic heterocycles. The molecule has 0 spiro atoms. The smallest absolute Gasteiger partial charge is 0.119 e. The highest BCUT2D eigenvalue weighted by atomic mass is 127. The van der Waals surface area contributed by atoms with Crippen LogP contribution in [-0.4, -0.2) is 10.5 Å². The number of rotatable bonds is 6. The van der Waals surface area contributed by atoms with Crippen molar-refractivity contribution < 1.29 is 4.74 Å². The minimum absolute atomic E-state index is 0.782. The molecule has 1 aromatic carbocycles. The Morgan fingerprint density at radius 2 is 1.93 bits per heavy atom. The monoisotopic (exact) mass is 304 g/mol. The second-order valence-corrected chi connectivity index (χ2v) is 5.56. The fraction of sp³-hybridized carbons (Fsp3) is 0.500. The minimum atomic E-state index is 0.782. The first-order valence-corrected chi connectivity index (χ1v) is 6.35. The summed E-state index contributed by atoms with van der Waals surface area (Å²) in [5.41, 5.74) is 0. The molecule has 1 unspecified atom stereocenters. The molecule has 0 heterocycles. The normalized spacial score (nSPS) is 12.4. The first kappa shape index (κ1) is 11.8. The Balaban J connectivity index is 2.05. The van der Waals surface area contributed by atoms with Crippen molar-refractivity contribution in [1.29, 1.82) is 0 Å². The van der Waals surface area contributed by atoms with Crippen LogP contribution < -0.4 is 4.74 Å². The largest absolute Gasteiger partial charge is 0.494 e. The molecule has 1 atom stereocenters. The van der Waals surface area contributed by atoms with Gasteiger partial charge >= 0.3 is 0 Å². The summed E-state index contributed by atoms with van der Waals surface area (Å²) < 4.78 is 6.37. The van der Waals surface area contributed by atoms with E-state index in [0.29, 0.717) is 0 Å². The summed E-state index contributed by atoms with van der Waals surface area (Å²) in [6.45, 7) is 3.09. The SMILES string of the molecule is CC(I)CCCCOc1ccccc1. The van der Waals surface area contributed by atoms with Gasteiger partial charge in [0.25, 0.3) is 0 Å². The molecule has 0 aromatic heterocycles. The van der Waals surface area contributed by atoms with E-state index in [-0.39, 0.29) is 0 Å². The molecular formula is C12H17IO. The number of hydrogen-bond acceptors (Lipinski definition) is 1. The van der Waals surface area contributed by atoms with Gasteiger partial charge in [-0.25, -0.2) is 0 Å². The van der Waals surface area contributed by atoms with Gasteiger partial charge in [0.15, 0.2) is 0 Å². The summed E-state index contributed by atoms with van der Waals surface area (Å²) in [6.07, 6.45) is 3.71. The van der Waals surface area contributed by atoms with Crippen molar-refractivity contribution in [2.75, 3.05) is 6.61 Å². The van der Waals surface area contributed by atoms with E-state index in [4.69, 9.17) is 4.74 Å². The van der Waals surface area contributed by atoms with E-state index in [2.05, 4.69) is 29.5 Å². The first-order chi connectivity index (χ1) is 6.79. The molecule has 0 aliphatic carbocycles. The molecule has 0 radical (unpaired) electrons. The molecule has 0 amide bonds. The summed E-state index contributed by atoms with van der Waals surface area (Å²) in [6, 6.07) is 10.0. The number of alkyl halides is 1. The van der Waals surface area contributed by atoms with Gasteiger partial charge in [-0.2, -0.15) is 0 Å². The topological polar surface area (TPSA) is 9.23 Å². The summed E-state index contributed by atoms with van der Waals surface area (Å²) in [4.78, 5) is 0. The number of ether oxygens (including phenoxy) is 1. The summed E-state index contributed by atoms with van der Waals surface area (Å²) in [5.74, 6) is 0.982. The van der Waals surface area contributed by atoms with E-state index in [1.807, 2.05) is 30.3 Å². The fourth-order valence-corrected chi connectivity index (χ4v) is 1.67. The number of para-hydroxylation sites is 1. The highest BCUT2D eigenvalue weighted by Gasteiger charge is 1.96. The maximum atomic E-state index is 5.59. The van der Waals surface area contributed by atoms with Crippen molar-refractivity contribution >= 4 is 22.6 Å². The van der Waals surface area contributed by atoms with E-state index < -0.39 is 0 Å². The third-order valence-corrected chi connectivity index (χ3v) is 2.63. The van der Waals surface area contributed by atoms with Crippen LogP contribution in [0.3, 0.4) is 0 Å². The van der Waals surface area contributed by atoms with Crippen LogP contribution in [0, 0.1) is 0 Å². The van der Waals surface area contributed by atoms with Crippen LogP contribution in [0.15, 0.2) is 30.3 Å². The number of hydrogen-bond donors (Lipinski definition) is 0. The lowest BCUT2D eigenvalue weighted by molar-refractivity contribution is 0.305. The Kier molecular flexibility index (Phi) is 5.99. The van der Waals surface area contributed by atoms with Crippen LogP contribution in [0.4, 0.5) is 0 Å². The molecule has 2 heteroatoms. The predicted octanol–water partition coefficient (Wildman–Crippen LogP) is 4.06. The molecule has 0 saturated carbocycles. The highest BCUT2D eigenvalue weighted by molar-refractivity contribution is 14.1. The van der Waals surface area contributed by atoms with Gasteiger partial charge in [-0.05, 0) is 31.4 Å². The second kappa shape index (κ2) is 7.10. The zero-order valence-electron chi connectivity index (χ0n) is 8.58. The van der Waals surface area contributed by atoms with Crippen LogP contribution >= 0.6 is 22.6 Å². The van der Waals surface area contributed by atoms with Gasteiger partial charge in [-0.3, -0.25) is 0 Å². The van der Waals surface area contributed by atoms with Crippen LogP contribution in [0.1, 0.15) is 26.2 Å². The van der Waals surface area contributed by atoms with Gasteiger partial charge in [-0.15, -0.1) is 0 Å². The van der Waals surface area contributed by atoms with Gasteiger partial charge in [-0.1, -0.05) is 47.7 Å². The van der Waals surface area contributed by atoms with E-state index in [0.717, 1.165) is 22.7 Å². The third-order valence-electron chi connectivity index (χ3n) is 2.01. The van der Waals surface area contributed by atoms with Crippen molar-refractivity contribution in [2.24, 2.45) is 0 Å². The highest BCUT2D eigenvalue weighted by Crippen LogP contribution is 2.11. The van der Waals surface area contributed by atoms with Gasteiger partial charge < -0.3 is 4.74 Å². The third kappa shape index (κ3) is 5.47. The minimum Gasteiger partial charge on any atom is -0.494 e. The van der Waals surface area contributed by atoms with Crippen LogP contribution in [0.25, 0.3) is 0 Å². The summed E-state index contributed by atoms with van der Waals surface area (Å²) >= 11 is 2.46. The summed E-state index contributed by atoms with van der Waals surface area (Å²) in [7, 11) is 0. The van der Waals surface area contributed by atoms with E-state index in [1.54, 1.807) is 0 Å². The molecule has 0 saturated heterocycles. The number of unbranched alkanes of at least 4 members (excludes halogenated alkanes) is 1. The molecule has 0 aliphatic rings. The second-order valence-electron chi connectivity index (χ2n) is 3.44. The maximum Gasteiger partial charge on any atom is 0.119 e. The van der Waals surface area contributed by atoms with Crippen molar-refractivity contribution in [3.05, 3.63) is 30.3 Å². The molecule has 14 heavy (non-hydrogen) atoms. The Hall–Kier alpha value is -0.250. The lowest BCUT2D eigenvalue weighted by Gasteiger charge is -2.06. The molecule has 0 bridgehead atoms. The van der Waals surface area contributed by atoms with Crippen LogP contribution in [0.2, 0.25) is 0 Å². The van der Waals surface area contributed by atoms with Crippen molar-refractivity contribution in [2.45, 2.75) is 30.1 Å². The van der Waals surface area contributed by atoms with Gasteiger partial charge in [0.2, 0.25) is 0 Å². The molecule has 0 N–H and O–H groups in total. The van der Waals surface area contributed by atoms with Crippen LogP contribution in [-0.2, 0) is 0 Å². The number of halogens is 1. The molecule has 1 rings (SSSR count). The molecule has 1 aromatic rings. The van der Waals surface area contributed by atoms with E-state index in [9.17, 15) is 0 Å². The lowest BCUT2D eigenvalue weighted by Crippen LogP contribution is -1.98. The molecule has 78 valence electrons. The van der Waals surface area contributed by atoms with Gasteiger partial charge in [0, 0.05) is 3.92 Å². The Morgan fingerprint density at radius 3 is 2.57 bits per heavy atom. The zero-order chi connectivity index (χ0) is 10.2. The number of benzene rings is 1. The Labute approximate surface area is 100.0 Å². The van der Waals surface area contributed by atoms with E-state index >= 15 is 0 Å². The quantitative estimate of drug-likeness (QED) is 0.437. The maximum absolute atomic E-state index is 5.59. The standard InChI is InChI=1S/C12H17IO/c1-11(13)7-5-6-10-14-12-8-3-2-4-9-12/h2-4,8-9,11H,5-7,10H2,1H3. The summed E-state index contributed by atoms with van der Waals surface area (Å²) in [5, 5.41) is 0. The zero-order valence-corrected chi connectivity index (χ0v) is 10.7. The van der Waals surface area contributed by atoms with E-state index in [1.165, 1.54) is 12.8 Å². The molecule has 0 fully saturated rings. The van der Waals surface area contributed by atoms with Crippen molar-refractivity contribution in [3.8, 4) is 5.75 Å². The van der Waals surface area contributed by atoms with Gasteiger partial charge in [0.1, 0.15) is 5.75 Å². The van der Waals surface area contributed by atoms with Crippen LogP contribution in [0.5, 0.6) is 5.75 Å². The molecular weight excluding hydrogens is 287 g/mol. The lowest BCUT2D eigenvalue weighted by atomic mass is 10.2. The first-order valence-electron chi connectivity index (χ1n) is 5.11. The fourth-order valence-electron chi connectivity index (χ4n) is 1.23. The van der Waals surface area contributed by atoms with Crippen molar-refractivity contribution in [3.63, 3.8) is 0 Å². The average Bonchev–Trinajstić information content (AvgIpc) is 2.18. The van der Waals surface area contributed by atoms with Gasteiger partial charge in [0.05, 0.1) is 6.61 Å².